The van der Waals surface area contributed by atoms with Crippen LogP contribution in [0.15, 0.2) is 36.5 Å². The molecule has 2 aromatic heterocycles. The Morgan fingerprint density at radius 2 is 1.88 bits per heavy atom. The number of carbonyl (C=O) groups is 1. The van der Waals surface area contributed by atoms with E-state index < -0.39 is 0 Å². The molecule has 3 heterocycles. The first-order valence-corrected chi connectivity index (χ1v) is 8.56. The van der Waals surface area contributed by atoms with E-state index in [0.29, 0.717) is 24.5 Å². The molecule has 6 heteroatoms. The lowest BCUT2D eigenvalue weighted by Crippen LogP contribution is -2.21. The number of fused-ring (bicyclic) bond motifs is 3. The van der Waals surface area contributed by atoms with E-state index in [1.165, 1.54) is 0 Å². The van der Waals surface area contributed by atoms with E-state index in [2.05, 4.69) is 22.8 Å². The summed E-state index contributed by atoms with van der Waals surface area (Å²) in [6, 6.07) is 9.81. The maximum atomic E-state index is 12.3. The van der Waals surface area contributed by atoms with Crippen molar-refractivity contribution in [2.45, 2.75) is 25.8 Å². The average Bonchev–Trinajstić information content (AvgIpc) is 2.92. The third-order valence-electron chi connectivity index (χ3n) is 4.83. The molecule has 0 bridgehead atoms. The van der Waals surface area contributed by atoms with E-state index in [1.807, 2.05) is 30.3 Å². The van der Waals surface area contributed by atoms with Gasteiger partial charge < -0.3 is 19.2 Å². The Hall–Kier alpha value is -3.02. The first-order valence-electron chi connectivity index (χ1n) is 8.56. The fourth-order valence-electron chi connectivity index (χ4n) is 3.56. The van der Waals surface area contributed by atoms with E-state index in [-0.39, 0.29) is 11.8 Å². The van der Waals surface area contributed by atoms with Crippen LogP contribution in [0.1, 0.15) is 34.9 Å². The van der Waals surface area contributed by atoms with Gasteiger partial charge in [-0.1, -0.05) is 6.07 Å². The summed E-state index contributed by atoms with van der Waals surface area (Å²) >= 11 is 0. The number of aromatic nitrogens is 2. The fourth-order valence-corrected chi connectivity index (χ4v) is 3.56. The zero-order valence-corrected chi connectivity index (χ0v) is 15.1. The highest BCUT2D eigenvalue weighted by Crippen LogP contribution is 2.36. The molecule has 0 saturated heterocycles. The van der Waals surface area contributed by atoms with Crippen LogP contribution in [0.25, 0.3) is 5.65 Å². The van der Waals surface area contributed by atoms with Gasteiger partial charge in [0, 0.05) is 24.6 Å². The molecular weight excluding hydrogens is 330 g/mol. The lowest BCUT2D eigenvalue weighted by Gasteiger charge is -2.18. The van der Waals surface area contributed by atoms with Gasteiger partial charge in [-0.05, 0) is 36.2 Å². The Morgan fingerprint density at radius 1 is 1.15 bits per heavy atom. The zero-order chi connectivity index (χ0) is 18.3. The Bertz CT molecular complexity index is 971. The SMILES string of the molecule is COc1cc(OC)cc([C@H]2CC(=O)NCc3nc4ccc(C)cn4c32)c1. The van der Waals surface area contributed by atoms with E-state index in [4.69, 9.17) is 14.5 Å². The quantitative estimate of drug-likeness (QED) is 0.788. The molecule has 0 unspecified atom stereocenters. The molecule has 1 aliphatic rings. The minimum atomic E-state index is -0.131. The number of nitrogens with one attached hydrogen (secondary N) is 1. The molecule has 1 aromatic carbocycles. The number of hydrogen-bond acceptors (Lipinski definition) is 4. The molecule has 6 nitrogen and oxygen atoms in total. The lowest BCUT2D eigenvalue weighted by molar-refractivity contribution is -0.121. The summed E-state index contributed by atoms with van der Waals surface area (Å²) in [4.78, 5) is 17.1. The maximum absolute atomic E-state index is 12.3. The standard InChI is InChI=1S/C20H21N3O3/c1-12-4-5-18-22-17-10-21-19(24)9-16(20(17)23(18)11-12)13-6-14(25-2)8-15(7-13)26-3/h4-8,11,16H,9-10H2,1-3H3,(H,21,24)/t16-/m1/s1. The second kappa shape index (κ2) is 6.37. The molecule has 1 amide bonds. The third kappa shape index (κ3) is 2.77. The summed E-state index contributed by atoms with van der Waals surface area (Å²) in [5.41, 5.74) is 4.94. The van der Waals surface area contributed by atoms with Crippen molar-refractivity contribution >= 4 is 11.6 Å². The van der Waals surface area contributed by atoms with Crippen LogP contribution in [-0.2, 0) is 11.3 Å². The molecule has 1 N–H and O–H groups in total. The molecule has 0 saturated carbocycles. The first-order chi connectivity index (χ1) is 12.6. The largest absolute Gasteiger partial charge is 0.497 e. The van der Waals surface area contributed by atoms with E-state index in [1.54, 1.807) is 14.2 Å². The Morgan fingerprint density at radius 3 is 2.58 bits per heavy atom. The van der Waals surface area contributed by atoms with Gasteiger partial charge >= 0.3 is 0 Å². The second-order valence-corrected chi connectivity index (χ2v) is 6.56. The molecule has 0 radical (unpaired) electrons. The molecule has 0 fully saturated rings. The van der Waals surface area contributed by atoms with Crippen molar-refractivity contribution in [3.63, 3.8) is 0 Å². The minimum Gasteiger partial charge on any atom is -0.497 e. The van der Waals surface area contributed by atoms with Gasteiger partial charge in [0.05, 0.1) is 32.2 Å². The third-order valence-corrected chi connectivity index (χ3v) is 4.83. The maximum Gasteiger partial charge on any atom is 0.221 e. The number of benzene rings is 1. The molecule has 134 valence electrons. The van der Waals surface area contributed by atoms with Crippen molar-refractivity contribution in [3.8, 4) is 11.5 Å². The van der Waals surface area contributed by atoms with Crippen molar-refractivity contribution in [1.82, 2.24) is 14.7 Å². The summed E-state index contributed by atoms with van der Waals surface area (Å²) in [5, 5.41) is 2.96. The van der Waals surface area contributed by atoms with Gasteiger partial charge in [-0.15, -0.1) is 0 Å². The molecule has 3 aromatic rings. The Balaban J connectivity index is 1.95. The van der Waals surface area contributed by atoms with Crippen LogP contribution in [0.5, 0.6) is 11.5 Å². The van der Waals surface area contributed by atoms with Crippen molar-refractivity contribution in [2.24, 2.45) is 0 Å². The minimum absolute atomic E-state index is 0.0104. The molecule has 26 heavy (non-hydrogen) atoms. The van der Waals surface area contributed by atoms with Crippen molar-refractivity contribution < 1.29 is 14.3 Å². The smallest absolute Gasteiger partial charge is 0.221 e. The number of aryl methyl sites for hydroxylation is 1. The zero-order valence-electron chi connectivity index (χ0n) is 15.1. The molecule has 4 rings (SSSR count). The van der Waals surface area contributed by atoms with E-state index >= 15 is 0 Å². The van der Waals surface area contributed by atoms with E-state index in [0.717, 1.165) is 28.2 Å². The summed E-state index contributed by atoms with van der Waals surface area (Å²) in [6.07, 6.45) is 2.42. The molecular formula is C20H21N3O3. The number of methoxy groups -OCH3 is 2. The normalized spacial score (nSPS) is 16.7. The Labute approximate surface area is 151 Å². The highest BCUT2D eigenvalue weighted by molar-refractivity contribution is 5.78. The highest BCUT2D eigenvalue weighted by Gasteiger charge is 2.29. The van der Waals surface area contributed by atoms with Crippen LogP contribution in [0.3, 0.4) is 0 Å². The monoisotopic (exact) mass is 351 g/mol. The van der Waals surface area contributed by atoms with Crippen LogP contribution in [-0.4, -0.2) is 29.5 Å². The number of hydrogen-bond donors (Lipinski definition) is 1. The number of ether oxygens (including phenoxy) is 2. The van der Waals surface area contributed by atoms with Gasteiger partial charge in [0.15, 0.2) is 0 Å². The molecule has 1 atom stereocenters. The molecule has 1 aliphatic heterocycles. The lowest BCUT2D eigenvalue weighted by atomic mass is 9.91. The van der Waals surface area contributed by atoms with Gasteiger partial charge in [0.1, 0.15) is 17.1 Å². The number of amides is 1. The van der Waals surface area contributed by atoms with Gasteiger partial charge in [-0.2, -0.15) is 0 Å². The van der Waals surface area contributed by atoms with Gasteiger partial charge in [-0.25, -0.2) is 4.98 Å². The van der Waals surface area contributed by atoms with Crippen LogP contribution < -0.4 is 14.8 Å². The number of carbonyl (C=O) groups excluding carboxylic acids is 1. The average molecular weight is 351 g/mol. The number of imidazole rings is 1. The Kier molecular flexibility index (Phi) is 4.03. The van der Waals surface area contributed by atoms with Crippen LogP contribution in [0.2, 0.25) is 0 Å². The number of pyridine rings is 1. The van der Waals surface area contributed by atoms with Crippen LogP contribution in [0, 0.1) is 6.92 Å². The van der Waals surface area contributed by atoms with Gasteiger partial charge in [0.2, 0.25) is 5.91 Å². The predicted molar refractivity (Wildman–Crippen MR) is 97.8 cm³/mol. The first kappa shape index (κ1) is 16.4. The summed E-state index contributed by atoms with van der Waals surface area (Å²) < 4.78 is 12.9. The second-order valence-electron chi connectivity index (χ2n) is 6.56. The van der Waals surface area contributed by atoms with Crippen molar-refractivity contribution in [3.05, 3.63) is 59.0 Å². The molecule has 0 spiro atoms. The van der Waals surface area contributed by atoms with Crippen molar-refractivity contribution in [2.75, 3.05) is 14.2 Å². The topological polar surface area (TPSA) is 64.9 Å². The predicted octanol–water partition coefficient (Wildman–Crippen LogP) is 2.81. The summed E-state index contributed by atoms with van der Waals surface area (Å²) in [5.74, 6) is 1.29. The number of nitrogens with zero attached hydrogens (tertiary/aromatic N) is 2. The van der Waals surface area contributed by atoms with E-state index in [9.17, 15) is 4.79 Å². The summed E-state index contributed by atoms with van der Waals surface area (Å²) in [6.45, 7) is 2.49. The van der Waals surface area contributed by atoms with Gasteiger partial charge in [0.25, 0.3) is 0 Å². The van der Waals surface area contributed by atoms with Crippen LogP contribution in [0.4, 0.5) is 0 Å². The number of rotatable bonds is 3. The molecule has 0 aliphatic carbocycles. The van der Waals surface area contributed by atoms with Crippen LogP contribution >= 0.6 is 0 Å². The fraction of sp³-hybridized carbons (Fsp3) is 0.300. The van der Waals surface area contributed by atoms with Crippen molar-refractivity contribution in [1.29, 1.82) is 0 Å². The summed E-state index contributed by atoms with van der Waals surface area (Å²) in [7, 11) is 3.25. The highest BCUT2D eigenvalue weighted by atomic mass is 16.5. The van der Waals surface area contributed by atoms with Gasteiger partial charge in [-0.3, -0.25) is 4.79 Å².